The van der Waals surface area contributed by atoms with Gasteiger partial charge in [0.1, 0.15) is 11.5 Å². The number of hydrogen-bond donors (Lipinski definition) is 4. The van der Waals surface area contributed by atoms with Crippen LogP contribution in [-0.2, 0) is 27.4 Å². The number of aliphatic hydroxyl groups excluding tert-OH is 1. The van der Waals surface area contributed by atoms with Gasteiger partial charge in [-0.2, -0.15) is 0 Å². The summed E-state index contributed by atoms with van der Waals surface area (Å²) in [6.07, 6.45) is 6.35. The van der Waals surface area contributed by atoms with E-state index in [9.17, 15) is 14.7 Å². The zero-order chi connectivity index (χ0) is 43.1. The van der Waals surface area contributed by atoms with E-state index in [2.05, 4.69) is 57.2 Å². The van der Waals surface area contributed by atoms with Crippen LogP contribution in [0.5, 0.6) is 11.5 Å². The van der Waals surface area contributed by atoms with Gasteiger partial charge in [-0.05, 0) is 123 Å². The lowest BCUT2D eigenvalue weighted by Crippen LogP contribution is -2.61. The van der Waals surface area contributed by atoms with Crippen LogP contribution in [0.15, 0.2) is 127 Å². The van der Waals surface area contributed by atoms with Gasteiger partial charge in [0.25, 0.3) is 0 Å². The van der Waals surface area contributed by atoms with Crippen LogP contribution in [0.4, 0.5) is 10.5 Å². The van der Waals surface area contributed by atoms with Crippen molar-refractivity contribution in [3.8, 4) is 22.6 Å². The minimum absolute atomic E-state index is 0.0155. The molecule has 0 radical (unpaired) electrons. The topological polar surface area (TPSA) is 121 Å². The van der Waals surface area contributed by atoms with Gasteiger partial charge in [-0.15, -0.1) is 0 Å². The summed E-state index contributed by atoms with van der Waals surface area (Å²) >= 11 is 0. The number of carbonyl (C=O) groups is 2. The molecule has 8 rings (SSSR count). The number of nitrogens with zero attached hydrogens (tertiary/aromatic N) is 1. The minimum Gasteiger partial charge on any atom is -0.457 e. The van der Waals surface area contributed by atoms with Crippen LogP contribution in [0.2, 0.25) is 0 Å². The number of ether oxygens (including phenoxy) is 3. The van der Waals surface area contributed by atoms with Crippen molar-refractivity contribution in [2.45, 2.75) is 115 Å². The van der Waals surface area contributed by atoms with Crippen molar-refractivity contribution in [2.24, 2.45) is 5.92 Å². The summed E-state index contributed by atoms with van der Waals surface area (Å²) in [5.41, 5.74) is 6.20. The maximum Gasteiger partial charge on any atom is 0.319 e. The number of piperidine rings is 1. The molecule has 6 atom stereocenters. The van der Waals surface area contributed by atoms with E-state index in [1.807, 2.05) is 112 Å². The van der Waals surface area contributed by atoms with Crippen molar-refractivity contribution in [2.75, 3.05) is 11.9 Å². The van der Waals surface area contributed by atoms with Crippen LogP contribution in [0.25, 0.3) is 11.1 Å². The van der Waals surface area contributed by atoms with E-state index in [-0.39, 0.29) is 42.3 Å². The smallest absolute Gasteiger partial charge is 0.319 e. The van der Waals surface area contributed by atoms with Gasteiger partial charge >= 0.3 is 6.03 Å². The highest BCUT2D eigenvalue weighted by atomic mass is 16.7. The number of amides is 3. The van der Waals surface area contributed by atoms with Crippen LogP contribution in [-0.4, -0.2) is 52.2 Å². The molecule has 2 aliphatic heterocycles. The second kappa shape index (κ2) is 19.7. The first kappa shape index (κ1) is 43.1. The summed E-state index contributed by atoms with van der Waals surface area (Å²) < 4.78 is 19.5. The minimum atomic E-state index is -0.610. The van der Waals surface area contributed by atoms with Gasteiger partial charge in [-0.1, -0.05) is 97.8 Å². The summed E-state index contributed by atoms with van der Waals surface area (Å²) in [7, 11) is 0. The SMILES string of the molecule is CC(C)(C)NC(=O)[C@H]1CC[C@H]2CCCC[C@H]2N1C[C@@H]1C[C@H](c2ccc(CO)cc2)O[C@H](c2ccc(-c3cccc(CNC(=O)Nc4ccc(Oc5ccccc5)cc4)c3)cc2)O1. The lowest BCUT2D eigenvalue weighted by atomic mass is 9.75. The first-order valence-corrected chi connectivity index (χ1v) is 22.2. The highest BCUT2D eigenvalue weighted by molar-refractivity contribution is 5.89. The molecule has 3 fully saturated rings. The maximum absolute atomic E-state index is 13.9. The van der Waals surface area contributed by atoms with Crippen molar-refractivity contribution in [1.29, 1.82) is 0 Å². The van der Waals surface area contributed by atoms with Gasteiger partial charge in [-0.25, -0.2) is 4.79 Å². The monoisotopic (exact) mass is 836 g/mol. The van der Waals surface area contributed by atoms with Crippen molar-refractivity contribution >= 4 is 17.6 Å². The molecule has 10 heteroatoms. The van der Waals surface area contributed by atoms with Crippen LogP contribution in [0.1, 0.15) is 100 Å². The molecule has 5 aromatic rings. The Hall–Kier alpha value is -5.52. The molecule has 0 unspecified atom stereocenters. The first-order chi connectivity index (χ1) is 30.1. The van der Waals surface area contributed by atoms with Crippen LogP contribution in [0, 0.1) is 5.92 Å². The van der Waals surface area contributed by atoms with Gasteiger partial charge in [-0.3, -0.25) is 9.69 Å². The van der Waals surface area contributed by atoms with Gasteiger partial charge in [0.2, 0.25) is 5.91 Å². The average Bonchev–Trinajstić information content (AvgIpc) is 3.29. The molecule has 1 saturated carbocycles. The number of para-hydroxylation sites is 1. The van der Waals surface area contributed by atoms with E-state index >= 15 is 0 Å². The van der Waals surface area contributed by atoms with E-state index in [4.69, 9.17) is 14.2 Å². The third-order valence-corrected chi connectivity index (χ3v) is 12.3. The number of rotatable bonds is 12. The Labute approximate surface area is 366 Å². The van der Waals surface area contributed by atoms with Crippen LogP contribution in [0.3, 0.4) is 0 Å². The number of likely N-dealkylation sites (tertiary alicyclic amines) is 1. The molecule has 3 aliphatic rings. The fourth-order valence-electron chi connectivity index (χ4n) is 9.28. The molecule has 0 spiro atoms. The highest BCUT2D eigenvalue weighted by Crippen LogP contribution is 2.42. The molecular weight excluding hydrogens is 777 g/mol. The zero-order valence-corrected chi connectivity index (χ0v) is 36.1. The van der Waals surface area contributed by atoms with Gasteiger partial charge in [0, 0.05) is 42.3 Å². The summed E-state index contributed by atoms with van der Waals surface area (Å²) in [6.45, 7) is 7.14. The normalized spacial score (nSPS) is 22.8. The number of anilines is 1. The summed E-state index contributed by atoms with van der Waals surface area (Å²) in [5.74, 6) is 2.14. The largest absolute Gasteiger partial charge is 0.457 e. The molecular formula is C52H60N4O6. The number of fused-ring (bicyclic) bond motifs is 1. The predicted octanol–water partition coefficient (Wildman–Crippen LogP) is 10.4. The quantitative estimate of drug-likeness (QED) is 0.0987. The lowest BCUT2D eigenvalue weighted by Gasteiger charge is -2.50. The molecule has 0 aromatic heterocycles. The van der Waals surface area contributed by atoms with E-state index in [1.165, 1.54) is 19.3 Å². The molecule has 62 heavy (non-hydrogen) atoms. The summed E-state index contributed by atoms with van der Waals surface area (Å²) in [4.78, 5) is 29.2. The predicted molar refractivity (Wildman–Crippen MR) is 242 cm³/mol. The Kier molecular flexibility index (Phi) is 13.7. The van der Waals surface area contributed by atoms with Crippen molar-refractivity contribution in [3.63, 3.8) is 0 Å². The number of urea groups is 1. The molecule has 10 nitrogen and oxygen atoms in total. The van der Waals surface area contributed by atoms with Crippen LogP contribution >= 0.6 is 0 Å². The molecule has 324 valence electrons. The molecule has 3 amide bonds. The number of aliphatic hydroxyl groups is 1. The lowest BCUT2D eigenvalue weighted by molar-refractivity contribution is -0.255. The molecule has 4 N–H and O–H groups in total. The van der Waals surface area contributed by atoms with Crippen molar-refractivity contribution in [3.05, 3.63) is 150 Å². The molecule has 0 bridgehead atoms. The fourth-order valence-corrected chi connectivity index (χ4v) is 9.28. The third kappa shape index (κ3) is 11.1. The summed E-state index contributed by atoms with van der Waals surface area (Å²) in [5, 5.41) is 18.9. The number of hydrogen-bond acceptors (Lipinski definition) is 7. The van der Waals surface area contributed by atoms with Crippen LogP contribution < -0.4 is 20.7 Å². The van der Waals surface area contributed by atoms with E-state index in [0.717, 1.165) is 58.4 Å². The highest BCUT2D eigenvalue weighted by Gasteiger charge is 2.44. The van der Waals surface area contributed by atoms with E-state index in [0.29, 0.717) is 42.9 Å². The maximum atomic E-state index is 13.9. The molecule has 1 aliphatic carbocycles. The number of nitrogens with one attached hydrogen (secondary N) is 3. The zero-order valence-electron chi connectivity index (χ0n) is 36.1. The Balaban J connectivity index is 0.941. The average molecular weight is 837 g/mol. The Morgan fingerprint density at radius 1 is 0.742 bits per heavy atom. The fraction of sp³-hybridized carbons (Fsp3) is 0.385. The standard InChI is InChI=1S/C52H60N4O6/c1-52(2,3)55-49(58)47-29-24-38-11-7-8-15-46(38)56(47)33-45-31-48(39-18-16-35(34-57)17-19-39)62-50(61-45)40-22-20-37(21-23-40)41-12-9-10-36(30-41)32-53-51(59)54-42-25-27-44(28-26-42)60-43-13-5-4-6-14-43/h4-6,9-10,12-14,16-23,25-28,30,38,45-48,50,57H,7-8,11,15,24,29,31-34H2,1-3H3,(H,55,58)(H2,53,54,59)/t38-,45+,46-,47-,48-,50-/m1/s1. The Morgan fingerprint density at radius 2 is 1.47 bits per heavy atom. The third-order valence-electron chi connectivity index (χ3n) is 12.3. The van der Waals surface area contributed by atoms with Gasteiger partial charge < -0.3 is 35.3 Å². The van der Waals surface area contributed by atoms with Crippen molar-refractivity contribution in [1.82, 2.24) is 15.5 Å². The second-order valence-electron chi connectivity index (χ2n) is 18.1. The van der Waals surface area contributed by atoms with Gasteiger partial charge in [0.15, 0.2) is 6.29 Å². The Morgan fingerprint density at radius 3 is 2.21 bits per heavy atom. The Bertz CT molecular complexity index is 2240. The first-order valence-electron chi connectivity index (χ1n) is 22.2. The van der Waals surface area contributed by atoms with Crippen molar-refractivity contribution < 1.29 is 28.9 Å². The number of carbonyl (C=O) groups excluding carboxylic acids is 2. The molecule has 2 saturated heterocycles. The second-order valence-corrected chi connectivity index (χ2v) is 18.1. The number of benzene rings is 5. The molecule has 2 heterocycles. The van der Waals surface area contributed by atoms with E-state index in [1.54, 1.807) is 0 Å². The van der Waals surface area contributed by atoms with Gasteiger partial charge in [0.05, 0.1) is 24.9 Å². The summed E-state index contributed by atoms with van der Waals surface area (Å²) in [6, 6.07) is 41.2. The van der Waals surface area contributed by atoms with E-state index < -0.39 is 6.29 Å². The molecule has 5 aromatic carbocycles.